The summed E-state index contributed by atoms with van der Waals surface area (Å²) in [5.74, 6) is 0.979. The first-order valence-electron chi connectivity index (χ1n) is 9.06. The quantitative estimate of drug-likeness (QED) is 0.168. The molecule has 0 aromatic carbocycles. The zero-order chi connectivity index (χ0) is 18.2. The zero-order valence-corrected chi connectivity index (χ0v) is 15.5. The topological polar surface area (TPSA) is 110 Å². The monoisotopic (exact) mass is 368 g/mol. The molecule has 7 heteroatoms. The number of hydrogen-bond acceptors (Lipinski definition) is 7. The Hall–Kier alpha value is 0.110. The Morgan fingerprint density at radius 3 is 1.62 bits per heavy atom. The van der Waals surface area contributed by atoms with Crippen LogP contribution in [0.2, 0.25) is 0 Å². The number of hydrogen-bond donors (Lipinski definition) is 6. The highest BCUT2D eigenvalue weighted by Crippen LogP contribution is 2.10. The number of ether oxygens (including phenoxy) is 1. The van der Waals surface area contributed by atoms with Gasteiger partial charge in [-0.3, -0.25) is 0 Å². The van der Waals surface area contributed by atoms with Crippen LogP contribution in [0.1, 0.15) is 57.8 Å². The maximum Gasteiger partial charge on any atom is 0.111 e. The molecule has 24 heavy (non-hydrogen) atoms. The van der Waals surface area contributed by atoms with E-state index >= 15 is 0 Å². The van der Waals surface area contributed by atoms with Crippen LogP contribution < -0.4 is 0 Å². The third-order valence-electron chi connectivity index (χ3n) is 4.06. The number of rotatable bonds is 17. The minimum atomic E-state index is -1.60. The standard InChI is InChI=1S/C17H36O6S/c18-12-14(19)16(21)17(22)15(20)13-23-10-8-6-4-2-1-3-5-7-9-11-24/h14-22,24H,1-13H2/t14-,15-,16-,17-/m1/s1. The Labute approximate surface area is 151 Å². The molecule has 0 aromatic heterocycles. The molecule has 5 N–H and O–H groups in total. The van der Waals surface area contributed by atoms with Gasteiger partial charge in [0.25, 0.3) is 0 Å². The van der Waals surface area contributed by atoms with Crippen molar-refractivity contribution < 1.29 is 30.3 Å². The van der Waals surface area contributed by atoms with Crippen molar-refractivity contribution in [3.63, 3.8) is 0 Å². The molecule has 0 amide bonds. The molecule has 0 aromatic rings. The summed E-state index contributed by atoms with van der Waals surface area (Å²) in [6.45, 7) is -0.299. The molecule has 0 fully saturated rings. The second kappa shape index (κ2) is 16.6. The van der Waals surface area contributed by atoms with Gasteiger partial charge in [0.2, 0.25) is 0 Å². The van der Waals surface area contributed by atoms with Crippen LogP contribution in [0.25, 0.3) is 0 Å². The van der Waals surface area contributed by atoms with Gasteiger partial charge >= 0.3 is 0 Å². The fourth-order valence-corrected chi connectivity index (χ4v) is 2.64. The first-order chi connectivity index (χ1) is 11.5. The summed E-state index contributed by atoms with van der Waals surface area (Å²) in [7, 11) is 0. The van der Waals surface area contributed by atoms with Crippen molar-refractivity contribution >= 4 is 12.6 Å². The van der Waals surface area contributed by atoms with E-state index in [2.05, 4.69) is 12.6 Å². The number of thiol groups is 1. The fourth-order valence-electron chi connectivity index (χ4n) is 2.42. The lowest BCUT2D eigenvalue weighted by molar-refractivity contribution is -0.129. The SMILES string of the molecule is OC[C@@H](O)[C@@H](O)[C@H](O)[C@H](O)COCCCCCCCCCCCS. The molecule has 0 unspecified atom stereocenters. The fraction of sp³-hybridized carbons (Fsp3) is 1.00. The van der Waals surface area contributed by atoms with Crippen LogP contribution in [0.3, 0.4) is 0 Å². The highest BCUT2D eigenvalue weighted by molar-refractivity contribution is 7.80. The lowest BCUT2D eigenvalue weighted by Crippen LogP contribution is -2.47. The van der Waals surface area contributed by atoms with E-state index in [0.29, 0.717) is 6.61 Å². The highest BCUT2D eigenvalue weighted by Gasteiger charge is 2.29. The molecule has 4 atom stereocenters. The van der Waals surface area contributed by atoms with Crippen LogP contribution in [0.4, 0.5) is 0 Å². The van der Waals surface area contributed by atoms with Gasteiger partial charge in [-0.15, -0.1) is 0 Å². The van der Waals surface area contributed by atoms with Gasteiger partial charge in [0.15, 0.2) is 0 Å². The third-order valence-corrected chi connectivity index (χ3v) is 4.38. The van der Waals surface area contributed by atoms with E-state index in [0.717, 1.165) is 18.6 Å². The Balaban J connectivity index is 3.43. The number of aliphatic hydroxyl groups excluding tert-OH is 5. The second-order valence-corrected chi connectivity index (χ2v) is 6.73. The average Bonchev–Trinajstić information content (AvgIpc) is 2.60. The summed E-state index contributed by atoms with van der Waals surface area (Å²) < 4.78 is 5.28. The number of unbranched alkanes of at least 4 members (excludes halogenated alkanes) is 8. The smallest absolute Gasteiger partial charge is 0.111 e. The molecule has 0 rings (SSSR count). The molecule has 0 aliphatic heterocycles. The normalized spacial score (nSPS) is 16.8. The van der Waals surface area contributed by atoms with Gasteiger partial charge in [0.1, 0.15) is 24.4 Å². The molecule has 0 heterocycles. The van der Waals surface area contributed by atoms with E-state index in [1.807, 2.05) is 0 Å². The largest absolute Gasteiger partial charge is 0.394 e. The molecular formula is C17H36O6S. The van der Waals surface area contributed by atoms with Crippen LogP contribution >= 0.6 is 12.6 Å². The Morgan fingerprint density at radius 1 is 0.667 bits per heavy atom. The van der Waals surface area contributed by atoms with E-state index in [9.17, 15) is 20.4 Å². The van der Waals surface area contributed by atoms with Crippen molar-refractivity contribution in [1.82, 2.24) is 0 Å². The lowest BCUT2D eigenvalue weighted by Gasteiger charge is -2.25. The molecule has 0 spiro atoms. The van der Waals surface area contributed by atoms with Gasteiger partial charge in [-0.25, -0.2) is 0 Å². The Kier molecular flexibility index (Phi) is 16.6. The van der Waals surface area contributed by atoms with Gasteiger partial charge in [-0.2, -0.15) is 12.6 Å². The molecule has 0 radical (unpaired) electrons. The summed E-state index contributed by atoms with van der Waals surface area (Å²) in [5, 5.41) is 46.6. The van der Waals surface area contributed by atoms with Crippen molar-refractivity contribution in [3.8, 4) is 0 Å². The van der Waals surface area contributed by atoms with Crippen LogP contribution in [0, 0.1) is 0 Å². The van der Waals surface area contributed by atoms with Crippen LogP contribution in [0.15, 0.2) is 0 Å². The second-order valence-electron chi connectivity index (χ2n) is 6.28. The molecular weight excluding hydrogens is 332 g/mol. The lowest BCUT2D eigenvalue weighted by atomic mass is 10.0. The third kappa shape index (κ3) is 12.5. The van der Waals surface area contributed by atoms with Crippen LogP contribution in [-0.4, -0.2) is 75.5 Å². The zero-order valence-electron chi connectivity index (χ0n) is 14.6. The molecule has 0 aliphatic carbocycles. The van der Waals surface area contributed by atoms with Gasteiger partial charge in [0.05, 0.1) is 13.2 Å². The minimum Gasteiger partial charge on any atom is -0.394 e. The van der Waals surface area contributed by atoms with Crippen LogP contribution in [-0.2, 0) is 4.74 Å². The van der Waals surface area contributed by atoms with Gasteiger partial charge in [-0.05, 0) is 18.6 Å². The highest BCUT2D eigenvalue weighted by atomic mass is 32.1. The van der Waals surface area contributed by atoms with Crippen LogP contribution in [0.5, 0.6) is 0 Å². The maximum absolute atomic E-state index is 9.66. The summed E-state index contributed by atoms with van der Waals surface area (Å²) in [6, 6.07) is 0. The molecule has 0 bridgehead atoms. The van der Waals surface area contributed by atoms with E-state index in [4.69, 9.17) is 9.84 Å². The van der Waals surface area contributed by atoms with E-state index < -0.39 is 31.0 Å². The minimum absolute atomic E-state index is 0.110. The Morgan fingerprint density at radius 2 is 1.12 bits per heavy atom. The molecule has 6 nitrogen and oxygen atoms in total. The maximum atomic E-state index is 9.66. The molecule has 0 saturated carbocycles. The van der Waals surface area contributed by atoms with Crippen molar-refractivity contribution in [3.05, 3.63) is 0 Å². The predicted molar refractivity (Wildman–Crippen MR) is 97.3 cm³/mol. The predicted octanol–water partition coefficient (Wildman–Crippen LogP) is 0.880. The summed E-state index contributed by atoms with van der Waals surface area (Å²) in [6.07, 6.45) is 4.77. The summed E-state index contributed by atoms with van der Waals surface area (Å²) >= 11 is 4.19. The van der Waals surface area contributed by atoms with Crippen molar-refractivity contribution in [2.24, 2.45) is 0 Å². The van der Waals surface area contributed by atoms with Crippen molar-refractivity contribution in [2.45, 2.75) is 82.2 Å². The van der Waals surface area contributed by atoms with E-state index in [-0.39, 0.29) is 6.61 Å². The molecule has 0 aliphatic rings. The van der Waals surface area contributed by atoms with Crippen molar-refractivity contribution in [1.29, 1.82) is 0 Å². The van der Waals surface area contributed by atoms with E-state index in [1.165, 1.54) is 44.9 Å². The Bertz CT molecular complexity index is 269. The van der Waals surface area contributed by atoms with E-state index in [1.54, 1.807) is 0 Å². The summed E-state index contributed by atoms with van der Waals surface area (Å²) in [4.78, 5) is 0. The van der Waals surface area contributed by atoms with Gasteiger partial charge < -0.3 is 30.3 Å². The van der Waals surface area contributed by atoms with Gasteiger partial charge in [0, 0.05) is 6.61 Å². The molecule has 0 saturated heterocycles. The molecule has 146 valence electrons. The van der Waals surface area contributed by atoms with Crippen molar-refractivity contribution in [2.75, 3.05) is 25.6 Å². The first kappa shape index (κ1) is 24.1. The number of aliphatic hydroxyl groups is 5. The van der Waals surface area contributed by atoms with Gasteiger partial charge in [-0.1, -0.05) is 44.9 Å². The summed E-state index contributed by atoms with van der Waals surface area (Å²) in [5.41, 5.74) is 0. The average molecular weight is 369 g/mol. The first-order valence-corrected chi connectivity index (χ1v) is 9.69.